The van der Waals surface area contributed by atoms with Crippen molar-refractivity contribution < 1.29 is 13.9 Å². The quantitative estimate of drug-likeness (QED) is 0.777. The molecule has 1 atom stereocenters. The van der Waals surface area contributed by atoms with Gasteiger partial charge < -0.3 is 5.11 Å². The molecule has 0 aliphatic rings. The van der Waals surface area contributed by atoms with Crippen LogP contribution in [0.2, 0.25) is 0 Å². The molecule has 0 bridgehead atoms. The van der Waals surface area contributed by atoms with Crippen molar-refractivity contribution in [3.8, 4) is 0 Å². The van der Waals surface area contributed by atoms with Gasteiger partial charge in [-0.25, -0.2) is 8.78 Å². The molecule has 4 heteroatoms. The fourth-order valence-corrected chi connectivity index (χ4v) is 2.34. The SMILES string of the molecule is CC(O)(c1cc(F)cc(F)c1)c1cnc2ccccc2c1. The molecule has 0 aliphatic carbocycles. The smallest absolute Gasteiger partial charge is 0.126 e. The molecule has 0 fully saturated rings. The van der Waals surface area contributed by atoms with Gasteiger partial charge in [-0.15, -0.1) is 0 Å². The molecule has 2 nitrogen and oxygen atoms in total. The Labute approximate surface area is 120 Å². The minimum Gasteiger partial charge on any atom is -0.381 e. The zero-order valence-corrected chi connectivity index (χ0v) is 11.3. The van der Waals surface area contributed by atoms with Gasteiger partial charge in [0.2, 0.25) is 0 Å². The van der Waals surface area contributed by atoms with Gasteiger partial charge >= 0.3 is 0 Å². The van der Waals surface area contributed by atoms with E-state index >= 15 is 0 Å². The number of hydrogen-bond donors (Lipinski definition) is 1. The largest absolute Gasteiger partial charge is 0.381 e. The van der Waals surface area contributed by atoms with E-state index in [1.54, 1.807) is 6.07 Å². The van der Waals surface area contributed by atoms with Gasteiger partial charge in [0.05, 0.1) is 5.52 Å². The van der Waals surface area contributed by atoms with Gasteiger partial charge in [0.25, 0.3) is 0 Å². The summed E-state index contributed by atoms with van der Waals surface area (Å²) in [5.41, 5.74) is -0.106. The zero-order chi connectivity index (χ0) is 15.0. The number of nitrogens with zero attached hydrogens (tertiary/aromatic N) is 1. The Morgan fingerprint density at radius 1 is 0.952 bits per heavy atom. The second kappa shape index (κ2) is 4.90. The standard InChI is InChI=1S/C17H13F2NO/c1-17(21,12-7-14(18)9-15(19)8-12)13-6-11-4-2-3-5-16(11)20-10-13/h2-10,21H,1H3. The van der Waals surface area contributed by atoms with E-state index in [2.05, 4.69) is 4.98 Å². The molecule has 1 aromatic heterocycles. The summed E-state index contributed by atoms with van der Waals surface area (Å²) in [5.74, 6) is -1.45. The summed E-state index contributed by atoms with van der Waals surface area (Å²) in [6, 6.07) is 12.3. The van der Waals surface area contributed by atoms with Crippen LogP contribution in [-0.2, 0) is 5.60 Å². The van der Waals surface area contributed by atoms with E-state index in [4.69, 9.17) is 0 Å². The number of para-hydroxylation sites is 1. The highest BCUT2D eigenvalue weighted by Crippen LogP contribution is 2.31. The van der Waals surface area contributed by atoms with Crippen LogP contribution in [0.4, 0.5) is 8.78 Å². The maximum Gasteiger partial charge on any atom is 0.126 e. The molecule has 3 rings (SSSR count). The highest BCUT2D eigenvalue weighted by Gasteiger charge is 2.27. The normalized spacial score (nSPS) is 14.1. The number of fused-ring (bicyclic) bond motifs is 1. The minimum absolute atomic E-state index is 0.150. The van der Waals surface area contributed by atoms with Crippen molar-refractivity contribution in [1.29, 1.82) is 0 Å². The Balaban J connectivity index is 2.14. The highest BCUT2D eigenvalue weighted by atomic mass is 19.1. The molecule has 0 aliphatic heterocycles. The van der Waals surface area contributed by atoms with E-state index in [0.29, 0.717) is 5.56 Å². The number of rotatable bonds is 2. The predicted molar refractivity (Wildman–Crippen MR) is 76.8 cm³/mol. The second-order valence-corrected chi connectivity index (χ2v) is 5.15. The van der Waals surface area contributed by atoms with Crippen molar-refractivity contribution >= 4 is 10.9 Å². The van der Waals surface area contributed by atoms with Crippen LogP contribution < -0.4 is 0 Å². The van der Waals surface area contributed by atoms with E-state index in [9.17, 15) is 13.9 Å². The zero-order valence-electron chi connectivity index (χ0n) is 11.3. The summed E-state index contributed by atoms with van der Waals surface area (Å²) in [6.07, 6.45) is 1.52. The fraction of sp³-hybridized carbons (Fsp3) is 0.118. The summed E-state index contributed by atoms with van der Waals surface area (Å²) in [7, 11) is 0. The summed E-state index contributed by atoms with van der Waals surface area (Å²) in [5, 5.41) is 11.5. The lowest BCUT2D eigenvalue weighted by atomic mass is 9.88. The van der Waals surface area contributed by atoms with Crippen molar-refractivity contribution in [2.75, 3.05) is 0 Å². The fourth-order valence-electron chi connectivity index (χ4n) is 2.34. The first kappa shape index (κ1) is 13.6. The monoisotopic (exact) mass is 285 g/mol. The number of aliphatic hydroxyl groups is 1. The number of aromatic nitrogens is 1. The van der Waals surface area contributed by atoms with E-state index in [-0.39, 0.29) is 5.56 Å². The second-order valence-electron chi connectivity index (χ2n) is 5.15. The lowest BCUT2D eigenvalue weighted by Gasteiger charge is -2.24. The molecular weight excluding hydrogens is 272 g/mol. The molecule has 2 aromatic carbocycles. The van der Waals surface area contributed by atoms with Gasteiger partial charge in [-0.2, -0.15) is 0 Å². The van der Waals surface area contributed by atoms with Gasteiger partial charge in [-0.1, -0.05) is 18.2 Å². The van der Waals surface area contributed by atoms with E-state index in [0.717, 1.165) is 29.1 Å². The van der Waals surface area contributed by atoms with E-state index in [1.807, 2.05) is 24.3 Å². The maximum absolute atomic E-state index is 13.4. The van der Waals surface area contributed by atoms with Crippen molar-refractivity contribution in [3.63, 3.8) is 0 Å². The van der Waals surface area contributed by atoms with Crippen LogP contribution in [0.3, 0.4) is 0 Å². The first-order valence-corrected chi connectivity index (χ1v) is 6.51. The predicted octanol–water partition coefficient (Wildman–Crippen LogP) is 3.77. The first-order chi connectivity index (χ1) is 9.96. The Kier molecular flexibility index (Phi) is 3.18. The summed E-state index contributed by atoms with van der Waals surface area (Å²) < 4.78 is 26.7. The maximum atomic E-state index is 13.4. The highest BCUT2D eigenvalue weighted by molar-refractivity contribution is 5.79. The third-order valence-corrected chi connectivity index (χ3v) is 3.58. The van der Waals surface area contributed by atoms with Gasteiger partial charge in [-0.3, -0.25) is 4.98 Å². The molecule has 0 radical (unpaired) electrons. The molecule has 0 saturated heterocycles. The van der Waals surface area contributed by atoms with Crippen LogP contribution in [-0.4, -0.2) is 10.1 Å². The van der Waals surface area contributed by atoms with Crippen LogP contribution in [0.15, 0.2) is 54.7 Å². The lowest BCUT2D eigenvalue weighted by Crippen LogP contribution is -2.23. The number of halogens is 2. The van der Waals surface area contributed by atoms with E-state index in [1.165, 1.54) is 13.1 Å². The lowest BCUT2D eigenvalue weighted by molar-refractivity contribution is 0.101. The van der Waals surface area contributed by atoms with Gasteiger partial charge in [-0.05, 0) is 36.8 Å². The van der Waals surface area contributed by atoms with Crippen molar-refractivity contribution in [1.82, 2.24) is 4.98 Å². The van der Waals surface area contributed by atoms with Gasteiger partial charge in [0.1, 0.15) is 17.2 Å². The van der Waals surface area contributed by atoms with Gasteiger partial charge in [0, 0.05) is 23.2 Å². The Morgan fingerprint density at radius 3 is 2.33 bits per heavy atom. The Hall–Kier alpha value is -2.33. The van der Waals surface area contributed by atoms with Crippen LogP contribution in [0.1, 0.15) is 18.1 Å². The third-order valence-electron chi connectivity index (χ3n) is 3.58. The first-order valence-electron chi connectivity index (χ1n) is 6.51. The molecular formula is C17H13F2NO. The summed E-state index contributed by atoms with van der Waals surface area (Å²) in [6.45, 7) is 1.49. The molecule has 3 aromatic rings. The van der Waals surface area contributed by atoms with Crippen molar-refractivity contribution in [3.05, 3.63) is 77.5 Å². The molecule has 1 N–H and O–H groups in total. The van der Waals surface area contributed by atoms with Gasteiger partial charge in [0.15, 0.2) is 0 Å². The van der Waals surface area contributed by atoms with E-state index < -0.39 is 17.2 Å². The molecule has 0 amide bonds. The topological polar surface area (TPSA) is 33.1 Å². The molecule has 0 spiro atoms. The molecule has 0 saturated carbocycles. The Morgan fingerprint density at radius 2 is 1.62 bits per heavy atom. The summed E-state index contributed by atoms with van der Waals surface area (Å²) in [4.78, 5) is 4.27. The number of pyridine rings is 1. The molecule has 1 heterocycles. The van der Waals surface area contributed by atoms with Crippen LogP contribution >= 0.6 is 0 Å². The van der Waals surface area contributed by atoms with Crippen molar-refractivity contribution in [2.24, 2.45) is 0 Å². The third kappa shape index (κ3) is 2.50. The average Bonchev–Trinajstić information content (AvgIpc) is 2.45. The van der Waals surface area contributed by atoms with Crippen molar-refractivity contribution in [2.45, 2.75) is 12.5 Å². The molecule has 1 unspecified atom stereocenters. The van der Waals surface area contributed by atoms with Crippen LogP contribution in [0.5, 0.6) is 0 Å². The summed E-state index contributed by atoms with van der Waals surface area (Å²) >= 11 is 0. The molecule has 106 valence electrons. The van der Waals surface area contributed by atoms with Crippen LogP contribution in [0, 0.1) is 11.6 Å². The number of hydrogen-bond acceptors (Lipinski definition) is 2. The molecule has 21 heavy (non-hydrogen) atoms. The minimum atomic E-state index is -1.53. The van der Waals surface area contributed by atoms with Crippen LogP contribution in [0.25, 0.3) is 10.9 Å². The Bertz CT molecular complexity index is 794. The number of benzene rings is 2. The average molecular weight is 285 g/mol.